The Kier molecular flexibility index (Phi) is 7.83. The molecule has 28 heavy (non-hydrogen) atoms. The Labute approximate surface area is 168 Å². The maximum absolute atomic E-state index is 12.6. The first-order valence-corrected chi connectivity index (χ1v) is 10.8. The lowest BCUT2D eigenvalue weighted by atomic mass is 9.96. The van der Waals surface area contributed by atoms with E-state index in [1.807, 2.05) is 23.1 Å². The number of aromatic nitrogens is 1. The number of hydrogen-bond donors (Lipinski definition) is 1. The number of nitrogens with zero attached hydrogens (tertiary/aromatic N) is 3. The topological polar surface area (TPSA) is 65.5 Å². The SMILES string of the molecule is CN(CCCNC(=O)C1CCC(=O)N(CCc2ccccn2)C1)C1CCCC1. The average molecular weight is 387 g/mol. The van der Waals surface area contributed by atoms with E-state index in [1.54, 1.807) is 6.20 Å². The third kappa shape index (κ3) is 6.03. The molecule has 1 aromatic heterocycles. The lowest BCUT2D eigenvalue weighted by Crippen LogP contribution is -2.46. The van der Waals surface area contributed by atoms with Crippen molar-refractivity contribution in [2.45, 2.75) is 57.4 Å². The van der Waals surface area contributed by atoms with E-state index in [0.29, 0.717) is 32.5 Å². The molecular formula is C22H34N4O2. The smallest absolute Gasteiger partial charge is 0.224 e. The second-order valence-electron chi connectivity index (χ2n) is 8.21. The van der Waals surface area contributed by atoms with E-state index in [9.17, 15) is 9.59 Å². The van der Waals surface area contributed by atoms with Gasteiger partial charge < -0.3 is 15.1 Å². The number of carbonyl (C=O) groups excluding carboxylic acids is 2. The van der Waals surface area contributed by atoms with E-state index in [2.05, 4.69) is 22.2 Å². The molecular weight excluding hydrogens is 352 g/mol. The van der Waals surface area contributed by atoms with E-state index in [4.69, 9.17) is 0 Å². The highest BCUT2D eigenvalue weighted by Crippen LogP contribution is 2.22. The fourth-order valence-corrected chi connectivity index (χ4v) is 4.35. The molecule has 1 saturated heterocycles. The van der Waals surface area contributed by atoms with Crippen LogP contribution in [0.2, 0.25) is 0 Å². The van der Waals surface area contributed by atoms with Gasteiger partial charge in [0.05, 0.1) is 5.92 Å². The highest BCUT2D eigenvalue weighted by molar-refractivity contribution is 5.83. The monoisotopic (exact) mass is 386 g/mol. The van der Waals surface area contributed by atoms with Crippen LogP contribution < -0.4 is 5.32 Å². The zero-order valence-electron chi connectivity index (χ0n) is 17.1. The Balaban J connectivity index is 1.36. The van der Waals surface area contributed by atoms with Gasteiger partial charge in [0.1, 0.15) is 0 Å². The van der Waals surface area contributed by atoms with Crippen LogP contribution in [0.25, 0.3) is 0 Å². The Morgan fingerprint density at radius 3 is 2.86 bits per heavy atom. The average Bonchev–Trinajstić information content (AvgIpc) is 3.26. The number of piperidine rings is 1. The van der Waals surface area contributed by atoms with E-state index in [-0.39, 0.29) is 17.7 Å². The van der Waals surface area contributed by atoms with Crippen LogP contribution in [0.1, 0.15) is 50.6 Å². The lowest BCUT2D eigenvalue weighted by molar-refractivity contribution is -0.138. The molecule has 0 spiro atoms. The molecule has 1 saturated carbocycles. The predicted molar refractivity (Wildman–Crippen MR) is 110 cm³/mol. The summed E-state index contributed by atoms with van der Waals surface area (Å²) < 4.78 is 0. The van der Waals surface area contributed by atoms with Gasteiger partial charge in [-0.25, -0.2) is 0 Å². The summed E-state index contributed by atoms with van der Waals surface area (Å²) in [6, 6.07) is 6.55. The molecule has 2 heterocycles. The van der Waals surface area contributed by atoms with Crippen LogP contribution in [0, 0.1) is 5.92 Å². The van der Waals surface area contributed by atoms with Gasteiger partial charge in [-0.2, -0.15) is 0 Å². The van der Waals surface area contributed by atoms with Crippen LogP contribution >= 0.6 is 0 Å². The molecule has 1 unspecified atom stereocenters. The van der Waals surface area contributed by atoms with Gasteiger partial charge in [-0.3, -0.25) is 14.6 Å². The molecule has 1 N–H and O–H groups in total. The molecule has 3 rings (SSSR count). The van der Waals surface area contributed by atoms with Crippen molar-refractivity contribution in [2.24, 2.45) is 5.92 Å². The zero-order chi connectivity index (χ0) is 19.8. The molecule has 0 bridgehead atoms. The van der Waals surface area contributed by atoms with Gasteiger partial charge in [-0.1, -0.05) is 18.9 Å². The first kappa shape index (κ1) is 20.8. The maximum Gasteiger partial charge on any atom is 0.224 e. The van der Waals surface area contributed by atoms with Gasteiger partial charge in [0.2, 0.25) is 11.8 Å². The third-order valence-electron chi connectivity index (χ3n) is 6.17. The Morgan fingerprint density at radius 1 is 1.29 bits per heavy atom. The number of pyridine rings is 1. The van der Waals surface area contributed by atoms with Crippen LogP contribution in [0.15, 0.2) is 24.4 Å². The lowest BCUT2D eigenvalue weighted by Gasteiger charge is -2.32. The summed E-state index contributed by atoms with van der Waals surface area (Å²) >= 11 is 0. The highest BCUT2D eigenvalue weighted by Gasteiger charge is 2.29. The molecule has 2 amide bonds. The molecule has 0 radical (unpaired) electrons. The summed E-state index contributed by atoms with van der Waals surface area (Å²) in [5.41, 5.74) is 0.980. The van der Waals surface area contributed by atoms with Crippen molar-refractivity contribution < 1.29 is 9.59 Å². The quantitative estimate of drug-likeness (QED) is 0.661. The summed E-state index contributed by atoms with van der Waals surface area (Å²) in [6.45, 7) is 2.91. The predicted octanol–water partition coefficient (Wildman–Crippen LogP) is 2.24. The largest absolute Gasteiger partial charge is 0.356 e. The van der Waals surface area contributed by atoms with Gasteiger partial charge in [-0.05, 0) is 51.4 Å². The second-order valence-corrected chi connectivity index (χ2v) is 8.21. The molecule has 2 fully saturated rings. The van der Waals surface area contributed by atoms with Crippen molar-refractivity contribution in [1.82, 2.24) is 20.1 Å². The van der Waals surface area contributed by atoms with Gasteiger partial charge in [0.25, 0.3) is 0 Å². The van der Waals surface area contributed by atoms with Crippen LogP contribution in [-0.4, -0.2) is 65.9 Å². The zero-order valence-corrected chi connectivity index (χ0v) is 17.1. The summed E-state index contributed by atoms with van der Waals surface area (Å²) in [6.07, 6.45) is 9.93. The fourth-order valence-electron chi connectivity index (χ4n) is 4.35. The molecule has 1 aliphatic heterocycles. The Morgan fingerprint density at radius 2 is 2.11 bits per heavy atom. The minimum absolute atomic E-state index is 0.0889. The highest BCUT2D eigenvalue weighted by atomic mass is 16.2. The van der Waals surface area contributed by atoms with Gasteiger partial charge in [-0.15, -0.1) is 0 Å². The molecule has 154 valence electrons. The van der Waals surface area contributed by atoms with Crippen molar-refractivity contribution in [3.63, 3.8) is 0 Å². The minimum Gasteiger partial charge on any atom is -0.356 e. The molecule has 0 aromatic carbocycles. The normalized spacial score (nSPS) is 20.7. The number of rotatable bonds is 9. The van der Waals surface area contributed by atoms with E-state index < -0.39 is 0 Å². The number of likely N-dealkylation sites (tertiary alicyclic amines) is 1. The van der Waals surface area contributed by atoms with E-state index in [0.717, 1.165) is 31.1 Å². The molecule has 6 nitrogen and oxygen atoms in total. The van der Waals surface area contributed by atoms with E-state index >= 15 is 0 Å². The first-order valence-electron chi connectivity index (χ1n) is 10.8. The molecule has 1 aliphatic carbocycles. The maximum atomic E-state index is 12.6. The fraction of sp³-hybridized carbons (Fsp3) is 0.682. The van der Waals surface area contributed by atoms with Crippen LogP contribution in [-0.2, 0) is 16.0 Å². The van der Waals surface area contributed by atoms with Gasteiger partial charge in [0, 0.05) is 50.4 Å². The van der Waals surface area contributed by atoms with Crippen molar-refractivity contribution in [3.8, 4) is 0 Å². The van der Waals surface area contributed by atoms with Crippen LogP contribution in [0.4, 0.5) is 0 Å². The Hall–Kier alpha value is -1.95. The number of carbonyl (C=O) groups is 2. The summed E-state index contributed by atoms with van der Waals surface area (Å²) in [4.78, 5) is 33.3. The standard InChI is InChI=1S/C22H34N4O2/c1-25(20-8-2-3-9-20)15-6-14-24-22(28)18-10-11-21(27)26(17-18)16-12-19-7-4-5-13-23-19/h4-5,7,13,18,20H,2-3,6,8-12,14-17H2,1H3,(H,24,28). The molecule has 1 atom stereocenters. The number of nitrogens with one attached hydrogen (secondary N) is 1. The van der Waals surface area contributed by atoms with Crippen molar-refractivity contribution in [3.05, 3.63) is 30.1 Å². The van der Waals surface area contributed by atoms with Gasteiger partial charge >= 0.3 is 0 Å². The minimum atomic E-state index is -0.0889. The van der Waals surface area contributed by atoms with Crippen molar-refractivity contribution in [2.75, 3.05) is 33.2 Å². The van der Waals surface area contributed by atoms with Crippen LogP contribution in [0.5, 0.6) is 0 Å². The summed E-state index contributed by atoms with van der Waals surface area (Å²) in [5.74, 6) is 0.158. The van der Waals surface area contributed by atoms with E-state index in [1.165, 1.54) is 25.7 Å². The first-order chi connectivity index (χ1) is 13.6. The molecule has 6 heteroatoms. The number of amides is 2. The third-order valence-corrected chi connectivity index (χ3v) is 6.17. The van der Waals surface area contributed by atoms with Gasteiger partial charge in [0.15, 0.2) is 0 Å². The van der Waals surface area contributed by atoms with Crippen molar-refractivity contribution in [1.29, 1.82) is 0 Å². The molecule has 1 aromatic rings. The molecule has 2 aliphatic rings. The number of hydrogen-bond acceptors (Lipinski definition) is 4. The van der Waals surface area contributed by atoms with Crippen molar-refractivity contribution >= 4 is 11.8 Å². The summed E-state index contributed by atoms with van der Waals surface area (Å²) in [7, 11) is 2.20. The Bertz CT molecular complexity index is 631. The van der Waals surface area contributed by atoms with Crippen LogP contribution in [0.3, 0.4) is 0 Å². The second kappa shape index (κ2) is 10.6. The summed E-state index contributed by atoms with van der Waals surface area (Å²) in [5, 5.41) is 3.09.